The summed E-state index contributed by atoms with van der Waals surface area (Å²) in [6.45, 7) is 8.50. The summed E-state index contributed by atoms with van der Waals surface area (Å²) >= 11 is 0. The molecule has 1 aromatic carbocycles. The Hall–Kier alpha value is -1.31. The molecule has 2 unspecified atom stereocenters. The van der Waals surface area contributed by atoms with Gasteiger partial charge in [0.1, 0.15) is 0 Å². The Morgan fingerprint density at radius 1 is 1.22 bits per heavy atom. The van der Waals surface area contributed by atoms with E-state index in [9.17, 15) is 8.42 Å². The highest BCUT2D eigenvalue weighted by Crippen LogP contribution is 2.32. The first-order valence-electron chi connectivity index (χ1n) is 7.79. The Morgan fingerprint density at radius 2 is 1.83 bits per heavy atom. The van der Waals surface area contributed by atoms with Crippen molar-refractivity contribution in [2.45, 2.75) is 31.7 Å². The molecule has 0 radical (unpaired) electrons. The van der Waals surface area contributed by atoms with Crippen molar-refractivity contribution in [3.63, 3.8) is 0 Å². The second-order valence-electron chi connectivity index (χ2n) is 6.03. The fourth-order valence-corrected chi connectivity index (χ4v) is 4.57. The molecule has 1 aliphatic heterocycles. The monoisotopic (exact) mass is 342 g/mol. The fourth-order valence-electron chi connectivity index (χ4n) is 2.99. The highest BCUT2D eigenvalue weighted by molar-refractivity contribution is 7.89. The van der Waals surface area contributed by atoms with Crippen LogP contribution in [-0.4, -0.2) is 53.2 Å². The first-order chi connectivity index (χ1) is 10.8. The van der Waals surface area contributed by atoms with Crippen molar-refractivity contribution in [2.24, 2.45) is 5.92 Å². The van der Waals surface area contributed by atoms with Gasteiger partial charge in [0.25, 0.3) is 0 Å². The minimum Gasteiger partial charge on any atom is -0.493 e. The number of likely N-dealkylation sites (N-methyl/N-ethyl adjacent to an activating group) is 1. The normalized spacial score (nSPS) is 22.3. The standard InChI is InChI=1S/C16H26N2O4S/c1-6-18-9-12(3)13(10-18)17-23(19,20)16-8-15(22-5)14(21-4)7-11(16)2/h7-8,12-13,17H,6,9-10H2,1-5H3. The summed E-state index contributed by atoms with van der Waals surface area (Å²) in [6, 6.07) is 3.13. The number of hydrogen-bond donors (Lipinski definition) is 1. The molecule has 23 heavy (non-hydrogen) atoms. The number of nitrogens with zero attached hydrogens (tertiary/aromatic N) is 1. The minimum atomic E-state index is -3.61. The lowest BCUT2D eigenvalue weighted by Crippen LogP contribution is -2.40. The van der Waals surface area contributed by atoms with Gasteiger partial charge in [-0.3, -0.25) is 0 Å². The van der Waals surface area contributed by atoms with Crippen LogP contribution in [0.5, 0.6) is 11.5 Å². The zero-order chi connectivity index (χ0) is 17.2. The molecule has 2 atom stereocenters. The summed E-state index contributed by atoms with van der Waals surface area (Å²) in [4.78, 5) is 2.48. The third-order valence-electron chi connectivity index (χ3n) is 4.41. The van der Waals surface area contributed by atoms with Gasteiger partial charge in [-0.05, 0) is 31.0 Å². The molecule has 1 aliphatic rings. The summed E-state index contributed by atoms with van der Waals surface area (Å²) in [6.07, 6.45) is 0. The lowest BCUT2D eigenvalue weighted by Gasteiger charge is -2.19. The molecule has 0 aliphatic carbocycles. The first-order valence-corrected chi connectivity index (χ1v) is 9.28. The van der Waals surface area contributed by atoms with Gasteiger partial charge in [-0.1, -0.05) is 13.8 Å². The Kier molecular flexibility index (Phi) is 5.54. The number of likely N-dealkylation sites (tertiary alicyclic amines) is 1. The van der Waals surface area contributed by atoms with E-state index in [0.29, 0.717) is 17.1 Å². The van der Waals surface area contributed by atoms with E-state index in [0.717, 1.165) is 19.6 Å². The van der Waals surface area contributed by atoms with Crippen LogP contribution in [0.25, 0.3) is 0 Å². The maximum absolute atomic E-state index is 12.8. The quantitative estimate of drug-likeness (QED) is 0.851. The van der Waals surface area contributed by atoms with Gasteiger partial charge >= 0.3 is 0 Å². The largest absolute Gasteiger partial charge is 0.493 e. The molecule has 0 bridgehead atoms. The molecule has 1 fully saturated rings. The lowest BCUT2D eigenvalue weighted by molar-refractivity contribution is 0.344. The molecule has 1 heterocycles. The summed E-state index contributed by atoms with van der Waals surface area (Å²) in [5, 5.41) is 0. The molecule has 130 valence electrons. The van der Waals surface area contributed by atoms with Crippen molar-refractivity contribution in [3.8, 4) is 11.5 Å². The predicted octanol–water partition coefficient (Wildman–Crippen LogP) is 1.63. The third kappa shape index (κ3) is 3.79. The van der Waals surface area contributed by atoms with E-state index in [1.54, 1.807) is 13.0 Å². The minimum absolute atomic E-state index is 0.0764. The van der Waals surface area contributed by atoms with Crippen molar-refractivity contribution in [2.75, 3.05) is 33.9 Å². The molecule has 6 nitrogen and oxygen atoms in total. The number of hydrogen-bond acceptors (Lipinski definition) is 5. The number of sulfonamides is 1. The molecule has 2 rings (SSSR count). The van der Waals surface area contributed by atoms with E-state index in [4.69, 9.17) is 9.47 Å². The summed E-state index contributed by atoms with van der Waals surface area (Å²) in [5.41, 5.74) is 0.633. The molecule has 0 aromatic heterocycles. The van der Waals surface area contributed by atoms with E-state index in [2.05, 4.69) is 23.5 Å². The number of ether oxygens (including phenoxy) is 2. The van der Waals surface area contributed by atoms with E-state index in [1.165, 1.54) is 20.3 Å². The van der Waals surface area contributed by atoms with Gasteiger partial charge in [0.15, 0.2) is 11.5 Å². The topological polar surface area (TPSA) is 67.9 Å². The zero-order valence-electron chi connectivity index (χ0n) is 14.4. The Balaban J connectivity index is 2.29. The van der Waals surface area contributed by atoms with Gasteiger partial charge in [-0.25, -0.2) is 13.1 Å². The zero-order valence-corrected chi connectivity index (χ0v) is 15.2. The van der Waals surface area contributed by atoms with E-state index < -0.39 is 10.0 Å². The Bertz CT molecular complexity index is 660. The van der Waals surface area contributed by atoms with Gasteiger partial charge in [0.05, 0.1) is 19.1 Å². The number of benzene rings is 1. The molecular weight excluding hydrogens is 316 g/mol. The smallest absolute Gasteiger partial charge is 0.241 e. The van der Waals surface area contributed by atoms with Crippen LogP contribution >= 0.6 is 0 Å². The molecule has 1 saturated heterocycles. The van der Waals surface area contributed by atoms with Crippen LogP contribution < -0.4 is 14.2 Å². The van der Waals surface area contributed by atoms with Gasteiger partial charge in [-0.2, -0.15) is 0 Å². The Labute approximate surface area is 138 Å². The van der Waals surface area contributed by atoms with Crippen LogP contribution in [-0.2, 0) is 10.0 Å². The van der Waals surface area contributed by atoms with Crippen molar-refractivity contribution in [3.05, 3.63) is 17.7 Å². The Morgan fingerprint density at radius 3 is 2.35 bits per heavy atom. The molecule has 0 amide bonds. The van der Waals surface area contributed by atoms with Crippen LogP contribution in [0, 0.1) is 12.8 Å². The summed E-state index contributed by atoms with van der Waals surface area (Å²) in [5.74, 6) is 1.22. The third-order valence-corrected chi connectivity index (χ3v) is 6.04. The van der Waals surface area contributed by atoms with Crippen molar-refractivity contribution in [1.29, 1.82) is 0 Å². The molecular formula is C16H26N2O4S. The van der Waals surface area contributed by atoms with E-state index in [-0.39, 0.29) is 16.9 Å². The van der Waals surface area contributed by atoms with Crippen molar-refractivity contribution in [1.82, 2.24) is 9.62 Å². The van der Waals surface area contributed by atoms with Crippen LogP contribution in [0.3, 0.4) is 0 Å². The number of rotatable bonds is 6. The maximum Gasteiger partial charge on any atom is 0.241 e. The predicted molar refractivity (Wildman–Crippen MR) is 89.7 cm³/mol. The number of nitrogens with one attached hydrogen (secondary N) is 1. The molecule has 1 aromatic rings. The highest BCUT2D eigenvalue weighted by Gasteiger charge is 2.33. The maximum atomic E-state index is 12.8. The van der Waals surface area contributed by atoms with Crippen molar-refractivity contribution >= 4 is 10.0 Å². The van der Waals surface area contributed by atoms with Gasteiger partial charge in [0, 0.05) is 25.2 Å². The van der Waals surface area contributed by atoms with Gasteiger partial charge in [0.2, 0.25) is 10.0 Å². The average Bonchev–Trinajstić information content (AvgIpc) is 2.86. The first kappa shape index (κ1) is 18.0. The molecule has 1 N–H and O–H groups in total. The van der Waals surface area contributed by atoms with Crippen LogP contribution in [0.2, 0.25) is 0 Å². The number of methoxy groups -OCH3 is 2. The molecule has 0 spiro atoms. The van der Waals surface area contributed by atoms with Crippen LogP contribution in [0.4, 0.5) is 0 Å². The highest BCUT2D eigenvalue weighted by atomic mass is 32.2. The fraction of sp³-hybridized carbons (Fsp3) is 0.625. The second kappa shape index (κ2) is 7.07. The lowest BCUT2D eigenvalue weighted by atomic mass is 10.1. The number of aryl methyl sites for hydroxylation is 1. The summed E-state index contributed by atoms with van der Waals surface area (Å²) in [7, 11) is -0.582. The van der Waals surface area contributed by atoms with Crippen LogP contribution in [0.15, 0.2) is 17.0 Å². The molecule has 7 heteroatoms. The van der Waals surface area contributed by atoms with E-state index in [1.807, 2.05) is 0 Å². The molecule has 0 saturated carbocycles. The van der Waals surface area contributed by atoms with Crippen molar-refractivity contribution < 1.29 is 17.9 Å². The van der Waals surface area contributed by atoms with E-state index >= 15 is 0 Å². The van der Waals surface area contributed by atoms with Gasteiger partial charge < -0.3 is 14.4 Å². The summed E-state index contributed by atoms with van der Waals surface area (Å²) < 4.78 is 38.9. The van der Waals surface area contributed by atoms with Crippen LogP contribution in [0.1, 0.15) is 19.4 Å². The second-order valence-corrected chi connectivity index (χ2v) is 7.71. The average molecular weight is 342 g/mol. The van der Waals surface area contributed by atoms with Gasteiger partial charge in [-0.15, -0.1) is 0 Å². The SMILES string of the molecule is CCN1CC(C)C(NS(=O)(=O)c2cc(OC)c(OC)cc2C)C1.